The molecule has 2 aromatic rings. The number of fused-ring (bicyclic) bond motifs is 3. The lowest BCUT2D eigenvalue weighted by Crippen LogP contribution is -2.38. The van der Waals surface area contributed by atoms with Gasteiger partial charge in [0.15, 0.2) is 21.4 Å². The van der Waals surface area contributed by atoms with Crippen LogP contribution < -0.4 is 4.90 Å². The van der Waals surface area contributed by atoms with Gasteiger partial charge in [-0.1, -0.05) is 60.4 Å². The molecule has 0 saturated carbocycles. The van der Waals surface area contributed by atoms with Crippen molar-refractivity contribution < 1.29 is 18.0 Å². The molecule has 136 valence electrons. The maximum absolute atomic E-state index is 13.2. The number of benzene rings is 2. The van der Waals surface area contributed by atoms with Crippen LogP contribution in [-0.4, -0.2) is 47.1 Å². The number of nitrogens with zero attached hydrogens (tertiary/aromatic N) is 1. The molecule has 8 heteroatoms. The minimum Gasteiger partial charge on any atom is -0.321 e. The van der Waals surface area contributed by atoms with Gasteiger partial charge in [0.05, 0.1) is 28.8 Å². The van der Waals surface area contributed by atoms with E-state index in [1.165, 1.54) is 11.8 Å². The minimum absolute atomic E-state index is 0.00714. The predicted octanol–water partition coefficient (Wildman–Crippen LogP) is 2.47. The third-order valence-electron chi connectivity index (χ3n) is 5.24. The fourth-order valence-electron chi connectivity index (χ4n) is 4.08. The number of rotatable bonds is 1. The number of thiocarbonyl (C=S) groups is 1. The molecule has 2 atom stereocenters. The van der Waals surface area contributed by atoms with Gasteiger partial charge in [-0.05, 0) is 6.07 Å². The topological polar surface area (TPSA) is 71.5 Å². The Bertz CT molecular complexity index is 1160. The summed E-state index contributed by atoms with van der Waals surface area (Å²) < 4.78 is 24.7. The second-order valence-corrected chi connectivity index (χ2v) is 10.9. The van der Waals surface area contributed by atoms with Crippen molar-refractivity contribution in [3.05, 3.63) is 64.7 Å². The van der Waals surface area contributed by atoms with E-state index in [9.17, 15) is 18.0 Å². The molecule has 27 heavy (non-hydrogen) atoms. The molecule has 0 bridgehead atoms. The molecule has 2 aromatic carbocycles. The number of ketones is 2. The fourth-order valence-corrected chi connectivity index (χ4v) is 8.44. The van der Waals surface area contributed by atoms with Gasteiger partial charge < -0.3 is 4.90 Å². The first-order valence-corrected chi connectivity index (χ1v) is 11.5. The first-order valence-electron chi connectivity index (χ1n) is 8.39. The summed E-state index contributed by atoms with van der Waals surface area (Å²) in [4.78, 5) is 27.9. The SMILES string of the molecule is O=C1c2ccccc2C(=O)c2c1cccc2N1C(=S)S[C@@H]2CS(=O)(=O)C[C@@H]21. The van der Waals surface area contributed by atoms with Crippen molar-refractivity contribution in [1.29, 1.82) is 0 Å². The van der Waals surface area contributed by atoms with Gasteiger partial charge in [-0.25, -0.2) is 8.42 Å². The monoisotopic (exact) mass is 415 g/mol. The zero-order chi connectivity index (χ0) is 18.9. The Morgan fingerprint density at radius 3 is 2.33 bits per heavy atom. The largest absolute Gasteiger partial charge is 0.321 e. The Labute approximate surface area is 165 Å². The molecule has 0 aromatic heterocycles. The van der Waals surface area contributed by atoms with Crippen molar-refractivity contribution in [3.8, 4) is 0 Å². The van der Waals surface area contributed by atoms with Crippen LogP contribution in [0, 0.1) is 0 Å². The molecule has 0 amide bonds. The van der Waals surface area contributed by atoms with E-state index in [2.05, 4.69) is 0 Å². The standard InChI is InChI=1S/C19H13NO4S3/c21-17-10-4-1-2-5-11(10)18(22)16-12(17)6-3-7-13(16)20-14-8-27(23,24)9-15(14)26-19(20)25/h1-7,14-15H,8-9H2/t14-,15+/m0/s1. The van der Waals surface area contributed by atoms with E-state index in [0.717, 1.165) is 0 Å². The first-order chi connectivity index (χ1) is 12.9. The summed E-state index contributed by atoms with van der Waals surface area (Å²) in [6.07, 6.45) is 0. The van der Waals surface area contributed by atoms with Crippen LogP contribution >= 0.6 is 24.0 Å². The summed E-state index contributed by atoms with van der Waals surface area (Å²) >= 11 is 6.86. The Balaban J connectivity index is 1.69. The molecule has 2 saturated heterocycles. The summed E-state index contributed by atoms with van der Waals surface area (Å²) in [6, 6.07) is 11.6. The highest BCUT2D eigenvalue weighted by Gasteiger charge is 2.49. The highest BCUT2D eigenvalue weighted by atomic mass is 32.2. The van der Waals surface area contributed by atoms with Crippen LogP contribution in [0.25, 0.3) is 0 Å². The molecule has 3 aliphatic rings. The quantitative estimate of drug-likeness (QED) is 0.566. The molecule has 2 fully saturated rings. The first kappa shape index (κ1) is 17.1. The van der Waals surface area contributed by atoms with Crippen molar-refractivity contribution in [2.75, 3.05) is 16.4 Å². The molecule has 2 aliphatic heterocycles. The zero-order valence-corrected chi connectivity index (χ0v) is 16.4. The summed E-state index contributed by atoms with van der Waals surface area (Å²) in [6.45, 7) is 0. The molecule has 0 radical (unpaired) electrons. The maximum Gasteiger partial charge on any atom is 0.196 e. The summed E-state index contributed by atoms with van der Waals surface area (Å²) in [5, 5.41) is -0.139. The molecule has 0 N–H and O–H groups in total. The second kappa shape index (κ2) is 5.73. The maximum atomic E-state index is 13.2. The van der Waals surface area contributed by atoms with E-state index in [4.69, 9.17) is 12.2 Å². The van der Waals surface area contributed by atoms with Crippen LogP contribution in [0.5, 0.6) is 0 Å². The molecule has 0 spiro atoms. The Morgan fingerprint density at radius 1 is 0.926 bits per heavy atom. The van der Waals surface area contributed by atoms with E-state index < -0.39 is 9.84 Å². The Kier molecular flexibility index (Phi) is 3.63. The molecule has 1 aliphatic carbocycles. The van der Waals surface area contributed by atoms with Crippen LogP contribution in [0.2, 0.25) is 0 Å². The Hall–Kier alpha value is -2.03. The van der Waals surface area contributed by atoms with E-state index in [1.54, 1.807) is 47.4 Å². The van der Waals surface area contributed by atoms with E-state index in [1.807, 2.05) is 0 Å². The van der Waals surface area contributed by atoms with E-state index in [0.29, 0.717) is 32.3 Å². The third kappa shape index (κ3) is 2.43. The van der Waals surface area contributed by atoms with Gasteiger partial charge in [-0.3, -0.25) is 9.59 Å². The van der Waals surface area contributed by atoms with Gasteiger partial charge in [0.2, 0.25) is 0 Å². The van der Waals surface area contributed by atoms with E-state index in [-0.39, 0.29) is 34.4 Å². The average Bonchev–Trinajstić information content (AvgIpc) is 3.08. The third-order valence-corrected chi connectivity index (χ3v) is 8.84. The van der Waals surface area contributed by atoms with Gasteiger partial charge >= 0.3 is 0 Å². The lowest BCUT2D eigenvalue weighted by Gasteiger charge is -2.29. The van der Waals surface area contributed by atoms with Crippen LogP contribution in [0.4, 0.5) is 5.69 Å². The fraction of sp³-hybridized carbons (Fsp3) is 0.211. The zero-order valence-electron chi connectivity index (χ0n) is 13.9. The van der Waals surface area contributed by atoms with E-state index >= 15 is 0 Å². The van der Waals surface area contributed by atoms with Gasteiger partial charge in [-0.2, -0.15) is 0 Å². The van der Waals surface area contributed by atoms with Gasteiger partial charge in [-0.15, -0.1) is 0 Å². The van der Waals surface area contributed by atoms with Crippen molar-refractivity contribution in [2.24, 2.45) is 0 Å². The summed E-state index contributed by atoms with van der Waals surface area (Å²) in [5.41, 5.74) is 1.95. The number of hydrogen-bond donors (Lipinski definition) is 0. The number of carbonyl (C=O) groups is 2. The minimum atomic E-state index is -3.14. The van der Waals surface area contributed by atoms with Gasteiger partial charge in [0.25, 0.3) is 0 Å². The smallest absolute Gasteiger partial charge is 0.196 e. The van der Waals surface area contributed by atoms with Crippen molar-refractivity contribution in [2.45, 2.75) is 11.3 Å². The summed E-state index contributed by atoms with van der Waals surface area (Å²) in [5.74, 6) is -0.333. The molecule has 5 nitrogen and oxygen atoms in total. The van der Waals surface area contributed by atoms with Gasteiger partial charge in [0, 0.05) is 21.9 Å². The molecule has 5 rings (SSSR count). The second-order valence-electron chi connectivity index (χ2n) is 6.84. The van der Waals surface area contributed by atoms with Crippen LogP contribution in [0.3, 0.4) is 0 Å². The van der Waals surface area contributed by atoms with Crippen LogP contribution in [0.15, 0.2) is 42.5 Å². The van der Waals surface area contributed by atoms with Crippen LogP contribution in [-0.2, 0) is 9.84 Å². The number of anilines is 1. The molecule has 2 heterocycles. The summed E-state index contributed by atoms with van der Waals surface area (Å²) in [7, 11) is -3.14. The predicted molar refractivity (Wildman–Crippen MR) is 109 cm³/mol. The van der Waals surface area contributed by atoms with Crippen molar-refractivity contribution in [1.82, 2.24) is 0 Å². The average molecular weight is 416 g/mol. The number of sulfone groups is 1. The highest BCUT2D eigenvalue weighted by molar-refractivity contribution is 8.24. The number of hydrogen-bond acceptors (Lipinski definition) is 6. The molecular weight excluding hydrogens is 402 g/mol. The molecular formula is C19H13NO4S3. The van der Waals surface area contributed by atoms with Gasteiger partial charge in [0.1, 0.15) is 4.32 Å². The van der Waals surface area contributed by atoms with Crippen molar-refractivity contribution >= 4 is 55.4 Å². The lowest BCUT2D eigenvalue weighted by atomic mass is 9.83. The number of thioether (sulfide) groups is 1. The Morgan fingerprint density at radius 2 is 1.59 bits per heavy atom. The van der Waals surface area contributed by atoms with Crippen molar-refractivity contribution in [3.63, 3.8) is 0 Å². The number of carbonyl (C=O) groups excluding carboxylic acids is 2. The highest BCUT2D eigenvalue weighted by Crippen LogP contribution is 2.44. The normalized spacial score (nSPS) is 25.3. The lowest BCUT2D eigenvalue weighted by molar-refractivity contribution is 0.0979. The molecule has 0 unspecified atom stereocenters. The van der Waals surface area contributed by atoms with Crippen LogP contribution in [0.1, 0.15) is 31.8 Å².